The standard InChI is InChI=1S/C16H14N2O3.C2H6/c1-17-8-6-11(10-14(17)19)7-9-18-15(20)12-4-2-3-5-13(12)16(18)21;1-2/h2-6,8,10H,7,9H2,1H3;1-2H3. The van der Waals surface area contributed by atoms with Crippen LogP contribution in [0.15, 0.2) is 47.4 Å². The van der Waals surface area contributed by atoms with Crippen molar-refractivity contribution in [3.8, 4) is 0 Å². The van der Waals surface area contributed by atoms with Crippen molar-refractivity contribution < 1.29 is 9.59 Å². The van der Waals surface area contributed by atoms with Gasteiger partial charge in [0, 0.05) is 25.9 Å². The third-order valence-electron chi connectivity index (χ3n) is 3.67. The van der Waals surface area contributed by atoms with Gasteiger partial charge in [-0.1, -0.05) is 26.0 Å². The zero-order chi connectivity index (χ0) is 17.0. The number of carbonyl (C=O) groups excluding carboxylic acids is 2. The van der Waals surface area contributed by atoms with Gasteiger partial charge in [-0.2, -0.15) is 0 Å². The van der Waals surface area contributed by atoms with Crippen molar-refractivity contribution >= 4 is 11.8 Å². The molecular formula is C18H20N2O3. The van der Waals surface area contributed by atoms with Crippen molar-refractivity contribution in [3.05, 3.63) is 69.6 Å². The summed E-state index contributed by atoms with van der Waals surface area (Å²) in [6, 6.07) is 10.2. The van der Waals surface area contributed by atoms with Gasteiger partial charge >= 0.3 is 0 Å². The lowest BCUT2D eigenvalue weighted by molar-refractivity contribution is 0.0656. The number of imide groups is 1. The largest absolute Gasteiger partial charge is 0.319 e. The first kappa shape index (κ1) is 16.7. The molecule has 2 aromatic rings. The summed E-state index contributed by atoms with van der Waals surface area (Å²) >= 11 is 0. The van der Waals surface area contributed by atoms with Crippen LogP contribution in [-0.2, 0) is 13.5 Å². The van der Waals surface area contributed by atoms with E-state index < -0.39 is 0 Å². The molecule has 2 amide bonds. The van der Waals surface area contributed by atoms with Gasteiger partial charge in [0.1, 0.15) is 0 Å². The molecule has 1 aromatic heterocycles. The van der Waals surface area contributed by atoms with Crippen molar-refractivity contribution in [1.29, 1.82) is 0 Å². The first-order chi connectivity index (χ1) is 11.1. The molecule has 120 valence electrons. The Morgan fingerprint density at radius 1 is 0.913 bits per heavy atom. The Kier molecular flexibility index (Phi) is 5.11. The molecule has 1 aliphatic rings. The van der Waals surface area contributed by atoms with Crippen LogP contribution in [0.4, 0.5) is 0 Å². The van der Waals surface area contributed by atoms with Crippen LogP contribution in [0.25, 0.3) is 0 Å². The first-order valence-corrected chi connectivity index (χ1v) is 7.69. The molecule has 0 bridgehead atoms. The molecule has 0 saturated heterocycles. The molecule has 2 heterocycles. The van der Waals surface area contributed by atoms with Crippen LogP contribution < -0.4 is 5.56 Å². The number of carbonyl (C=O) groups is 2. The van der Waals surface area contributed by atoms with Crippen molar-refractivity contribution in [1.82, 2.24) is 9.47 Å². The smallest absolute Gasteiger partial charge is 0.261 e. The molecule has 0 unspecified atom stereocenters. The molecule has 23 heavy (non-hydrogen) atoms. The lowest BCUT2D eigenvalue weighted by atomic mass is 10.1. The quantitative estimate of drug-likeness (QED) is 0.817. The minimum atomic E-state index is -0.264. The second kappa shape index (κ2) is 7.05. The van der Waals surface area contributed by atoms with E-state index in [2.05, 4.69) is 0 Å². The molecule has 5 nitrogen and oxygen atoms in total. The summed E-state index contributed by atoms with van der Waals surface area (Å²) < 4.78 is 1.48. The van der Waals surface area contributed by atoms with E-state index in [1.165, 1.54) is 15.5 Å². The van der Waals surface area contributed by atoms with Gasteiger partial charge in [-0.3, -0.25) is 19.3 Å². The van der Waals surface area contributed by atoms with Crippen molar-refractivity contribution in [2.45, 2.75) is 20.3 Å². The van der Waals surface area contributed by atoms with E-state index in [0.29, 0.717) is 17.5 Å². The lowest BCUT2D eigenvalue weighted by Crippen LogP contribution is -2.32. The van der Waals surface area contributed by atoms with E-state index in [-0.39, 0.29) is 23.9 Å². The van der Waals surface area contributed by atoms with E-state index in [9.17, 15) is 14.4 Å². The summed E-state index contributed by atoms with van der Waals surface area (Å²) in [7, 11) is 1.68. The highest BCUT2D eigenvalue weighted by Gasteiger charge is 2.34. The molecule has 3 rings (SSSR count). The minimum Gasteiger partial charge on any atom is -0.319 e. The van der Waals surface area contributed by atoms with Crippen LogP contribution in [0.3, 0.4) is 0 Å². The lowest BCUT2D eigenvalue weighted by Gasteiger charge is -2.13. The fourth-order valence-corrected chi connectivity index (χ4v) is 2.43. The van der Waals surface area contributed by atoms with Crippen LogP contribution in [0.5, 0.6) is 0 Å². The summed E-state index contributed by atoms with van der Waals surface area (Å²) in [6.45, 7) is 4.28. The third-order valence-corrected chi connectivity index (χ3v) is 3.67. The van der Waals surface area contributed by atoms with Gasteiger partial charge in [0.25, 0.3) is 17.4 Å². The molecule has 0 fully saturated rings. The van der Waals surface area contributed by atoms with Gasteiger partial charge in [-0.25, -0.2) is 0 Å². The Morgan fingerprint density at radius 2 is 1.48 bits per heavy atom. The zero-order valence-corrected chi connectivity index (χ0v) is 13.6. The third kappa shape index (κ3) is 3.23. The molecule has 0 aliphatic carbocycles. The zero-order valence-electron chi connectivity index (χ0n) is 13.6. The maximum atomic E-state index is 12.2. The maximum absolute atomic E-state index is 12.2. The van der Waals surface area contributed by atoms with Crippen LogP contribution in [-0.4, -0.2) is 27.8 Å². The molecule has 0 radical (unpaired) electrons. The highest BCUT2D eigenvalue weighted by Crippen LogP contribution is 2.22. The highest BCUT2D eigenvalue weighted by molar-refractivity contribution is 6.21. The number of aromatic nitrogens is 1. The number of fused-ring (bicyclic) bond motifs is 1. The van der Waals surface area contributed by atoms with Crippen LogP contribution in [0, 0.1) is 0 Å². The second-order valence-electron chi connectivity index (χ2n) is 5.04. The molecule has 0 spiro atoms. The van der Waals surface area contributed by atoms with Crippen molar-refractivity contribution in [2.24, 2.45) is 7.05 Å². The van der Waals surface area contributed by atoms with Crippen molar-refractivity contribution in [3.63, 3.8) is 0 Å². The summed E-state index contributed by atoms with van der Waals surface area (Å²) in [5.41, 5.74) is 1.61. The molecule has 5 heteroatoms. The Balaban J connectivity index is 0.000000924. The molecule has 0 saturated carbocycles. The fourth-order valence-electron chi connectivity index (χ4n) is 2.43. The highest BCUT2D eigenvalue weighted by atomic mass is 16.2. The Hall–Kier alpha value is -2.69. The van der Waals surface area contributed by atoms with Gasteiger partial charge < -0.3 is 4.57 Å². The molecule has 0 atom stereocenters. The van der Waals surface area contributed by atoms with Crippen LogP contribution >= 0.6 is 0 Å². The average Bonchev–Trinajstić information content (AvgIpc) is 2.82. The molecule has 1 aromatic carbocycles. The number of nitrogens with zero attached hydrogens (tertiary/aromatic N) is 2. The number of aryl methyl sites for hydroxylation is 1. The summed E-state index contributed by atoms with van der Waals surface area (Å²) in [6.07, 6.45) is 2.15. The first-order valence-electron chi connectivity index (χ1n) is 7.69. The van der Waals surface area contributed by atoms with Gasteiger partial charge in [-0.05, 0) is 30.2 Å². The molecule has 1 aliphatic heterocycles. The number of benzene rings is 1. The summed E-state index contributed by atoms with van der Waals surface area (Å²) in [5.74, 6) is -0.529. The minimum absolute atomic E-state index is 0.102. The Bertz CT molecular complexity index is 758. The molecular weight excluding hydrogens is 292 g/mol. The molecule has 0 N–H and O–H groups in total. The average molecular weight is 312 g/mol. The maximum Gasteiger partial charge on any atom is 0.261 e. The summed E-state index contributed by atoms with van der Waals surface area (Å²) in [4.78, 5) is 37.2. The number of pyridine rings is 1. The van der Waals surface area contributed by atoms with E-state index in [0.717, 1.165) is 5.56 Å². The predicted molar refractivity (Wildman–Crippen MR) is 88.5 cm³/mol. The number of hydrogen-bond donors (Lipinski definition) is 0. The Labute approximate surface area is 135 Å². The monoisotopic (exact) mass is 312 g/mol. The van der Waals surface area contributed by atoms with Gasteiger partial charge in [0.15, 0.2) is 0 Å². The number of rotatable bonds is 3. The number of hydrogen-bond acceptors (Lipinski definition) is 3. The van der Waals surface area contributed by atoms with Gasteiger partial charge in [0.05, 0.1) is 11.1 Å². The van der Waals surface area contributed by atoms with Crippen LogP contribution in [0.1, 0.15) is 40.1 Å². The fraction of sp³-hybridized carbons (Fsp3) is 0.278. The topological polar surface area (TPSA) is 59.4 Å². The van der Waals surface area contributed by atoms with E-state index in [1.54, 1.807) is 37.5 Å². The van der Waals surface area contributed by atoms with Gasteiger partial charge in [-0.15, -0.1) is 0 Å². The predicted octanol–water partition coefficient (Wildman–Crippen LogP) is 2.25. The van der Waals surface area contributed by atoms with Gasteiger partial charge in [0.2, 0.25) is 0 Å². The van der Waals surface area contributed by atoms with E-state index >= 15 is 0 Å². The summed E-state index contributed by atoms with van der Waals surface area (Å²) in [5, 5.41) is 0. The number of amides is 2. The van der Waals surface area contributed by atoms with Crippen molar-refractivity contribution in [2.75, 3.05) is 6.54 Å². The SMILES string of the molecule is CC.Cn1ccc(CCN2C(=O)c3ccccc3C2=O)cc1=O. The van der Waals surface area contributed by atoms with E-state index in [1.807, 2.05) is 19.9 Å². The van der Waals surface area contributed by atoms with E-state index in [4.69, 9.17) is 0 Å². The normalized spacial score (nSPS) is 12.7. The Morgan fingerprint density at radius 3 is 2.00 bits per heavy atom. The van der Waals surface area contributed by atoms with Crippen LogP contribution in [0.2, 0.25) is 0 Å². The second-order valence-corrected chi connectivity index (χ2v) is 5.04.